The van der Waals surface area contributed by atoms with Crippen LogP contribution in [0.2, 0.25) is 5.02 Å². The summed E-state index contributed by atoms with van der Waals surface area (Å²) in [6, 6.07) is 6.70. The number of aromatic carboxylic acids is 1. The third-order valence-corrected chi connectivity index (χ3v) is 2.20. The van der Waals surface area contributed by atoms with Crippen LogP contribution in [0.5, 0.6) is 0 Å². The topological polar surface area (TPSA) is 94.0 Å². The molecule has 0 aliphatic heterocycles. The SMILES string of the molecule is Nc1c(C(=O)O)nnn1-c1cccc(Cl)c1. The first kappa shape index (κ1) is 10.4. The van der Waals surface area contributed by atoms with Crippen LogP contribution in [0.1, 0.15) is 10.5 Å². The highest BCUT2D eigenvalue weighted by Crippen LogP contribution is 2.18. The van der Waals surface area contributed by atoms with E-state index in [-0.39, 0.29) is 11.5 Å². The number of halogens is 1. The summed E-state index contributed by atoms with van der Waals surface area (Å²) in [5, 5.41) is 16.4. The largest absolute Gasteiger partial charge is 0.476 e. The summed E-state index contributed by atoms with van der Waals surface area (Å²) in [6.07, 6.45) is 0. The van der Waals surface area contributed by atoms with Crippen LogP contribution in [0.4, 0.5) is 5.82 Å². The van der Waals surface area contributed by atoms with Crippen LogP contribution in [0, 0.1) is 0 Å². The zero-order chi connectivity index (χ0) is 11.7. The molecule has 0 atom stereocenters. The van der Waals surface area contributed by atoms with Crippen LogP contribution in [-0.4, -0.2) is 26.1 Å². The number of anilines is 1. The fourth-order valence-electron chi connectivity index (χ4n) is 1.24. The number of rotatable bonds is 2. The highest BCUT2D eigenvalue weighted by atomic mass is 35.5. The molecule has 0 aliphatic rings. The summed E-state index contributed by atoms with van der Waals surface area (Å²) in [5.74, 6) is -1.25. The van der Waals surface area contributed by atoms with Crippen molar-refractivity contribution < 1.29 is 9.90 Å². The fraction of sp³-hybridized carbons (Fsp3) is 0. The Morgan fingerprint density at radius 2 is 2.25 bits per heavy atom. The van der Waals surface area contributed by atoms with Gasteiger partial charge in [0.1, 0.15) is 0 Å². The first-order valence-electron chi connectivity index (χ1n) is 4.30. The van der Waals surface area contributed by atoms with Crippen molar-refractivity contribution in [1.82, 2.24) is 15.0 Å². The molecule has 0 aliphatic carbocycles. The number of aromatic nitrogens is 3. The highest BCUT2D eigenvalue weighted by Gasteiger charge is 2.16. The zero-order valence-electron chi connectivity index (χ0n) is 7.96. The van der Waals surface area contributed by atoms with Crippen molar-refractivity contribution in [2.45, 2.75) is 0 Å². The van der Waals surface area contributed by atoms with Crippen molar-refractivity contribution in [2.75, 3.05) is 5.73 Å². The first-order valence-corrected chi connectivity index (χ1v) is 4.68. The molecule has 16 heavy (non-hydrogen) atoms. The lowest BCUT2D eigenvalue weighted by atomic mass is 10.3. The van der Waals surface area contributed by atoms with Gasteiger partial charge in [-0.05, 0) is 18.2 Å². The van der Waals surface area contributed by atoms with Gasteiger partial charge < -0.3 is 10.8 Å². The molecule has 1 heterocycles. The number of hydrogen-bond acceptors (Lipinski definition) is 4. The molecule has 2 rings (SSSR count). The van der Waals surface area contributed by atoms with Crippen molar-refractivity contribution >= 4 is 23.4 Å². The molecule has 0 bridgehead atoms. The lowest BCUT2D eigenvalue weighted by molar-refractivity contribution is 0.0691. The first-order chi connectivity index (χ1) is 7.59. The maximum atomic E-state index is 10.7. The van der Waals surface area contributed by atoms with Crippen LogP contribution >= 0.6 is 11.6 Å². The summed E-state index contributed by atoms with van der Waals surface area (Å²) in [4.78, 5) is 10.7. The van der Waals surface area contributed by atoms with E-state index < -0.39 is 5.97 Å². The fourth-order valence-corrected chi connectivity index (χ4v) is 1.42. The Hall–Kier alpha value is -2.08. The van der Waals surface area contributed by atoms with Crippen molar-refractivity contribution in [1.29, 1.82) is 0 Å². The molecule has 0 fully saturated rings. The second-order valence-electron chi connectivity index (χ2n) is 3.02. The maximum Gasteiger partial charge on any atom is 0.360 e. The predicted molar refractivity (Wildman–Crippen MR) is 57.7 cm³/mol. The average Bonchev–Trinajstić information content (AvgIpc) is 2.60. The summed E-state index contributed by atoms with van der Waals surface area (Å²) >= 11 is 5.80. The molecule has 2 aromatic rings. The molecule has 7 heteroatoms. The summed E-state index contributed by atoms with van der Waals surface area (Å²) in [5.41, 5.74) is 5.88. The van der Waals surface area contributed by atoms with E-state index in [0.29, 0.717) is 10.7 Å². The van der Waals surface area contributed by atoms with Gasteiger partial charge in [0.25, 0.3) is 0 Å². The molecule has 0 amide bonds. The zero-order valence-corrected chi connectivity index (χ0v) is 8.72. The van der Waals surface area contributed by atoms with E-state index in [2.05, 4.69) is 10.3 Å². The number of hydrogen-bond donors (Lipinski definition) is 2. The van der Waals surface area contributed by atoms with Crippen LogP contribution in [-0.2, 0) is 0 Å². The summed E-state index contributed by atoms with van der Waals surface area (Å²) < 4.78 is 1.22. The number of nitrogen functional groups attached to an aromatic ring is 1. The predicted octanol–water partition coefficient (Wildman–Crippen LogP) is 1.20. The maximum absolute atomic E-state index is 10.7. The molecule has 0 spiro atoms. The van der Waals surface area contributed by atoms with Gasteiger partial charge in [-0.15, -0.1) is 5.10 Å². The average molecular weight is 239 g/mol. The van der Waals surface area contributed by atoms with Crippen LogP contribution in [0.25, 0.3) is 5.69 Å². The second kappa shape index (κ2) is 3.82. The van der Waals surface area contributed by atoms with Gasteiger partial charge in [0.15, 0.2) is 5.82 Å². The molecule has 1 aromatic carbocycles. The van der Waals surface area contributed by atoms with E-state index >= 15 is 0 Å². The Bertz CT molecular complexity index is 552. The van der Waals surface area contributed by atoms with Gasteiger partial charge >= 0.3 is 5.97 Å². The second-order valence-corrected chi connectivity index (χ2v) is 3.46. The minimum absolute atomic E-state index is 0.0326. The normalized spacial score (nSPS) is 10.3. The van der Waals surface area contributed by atoms with Gasteiger partial charge in [-0.2, -0.15) is 4.68 Å². The van der Waals surface area contributed by atoms with Crippen LogP contribution < -0.4 is 5.73 Å². The summed E-state index contributed by atoms with van der Waals surface area (Å²) in [6.45, 7) is 0. The minimum Gasteiger partial charge on any atom is -0.476 e. The van der Waals surface area contributed by atoms with Crippen molar-refractivity contribution in [3.05, 3.63) is 35.0 Å². The van der Waals surface area contributed by atoms with E-state index in [9.17, 15) is 4.79 Å². The Balaban J connectivity index is 2.53. The van der Waals surface area contributed by atoms with Gasteiger partial charge in [-0.1, -0.05) is 22.9 Å². The number of nitrogens with two attached hydrogens (primary N) is 1. The molecule has 0 saturated heterocycles. The van der Waals surface area contributed by atoms with Gasteiger partial charge in [-0.3, -0.25) is 0 Å². The Morgan fingerprint density at radius 1 is 1.50 bits per heavy atom. The molecule has 1 aromatic heterocycles. The van der Waals surface area contributed by atoms with Crippen LogP contribution in [0.15, 0.2) is 24.3 Å². The van der Waals surface area contributed by atoms with E-state index in [1.807, 2.05) is 0 Å². The highest BCUT2D eigenvalue weighted by molar-refractivity contribution is 6.30. The van der Waals surface area contributed by atoms with Crippen molar-refractivity contribution in [2.24, 2.45) is 0 Å². The van der Waals surface area contributed by atoms with Gasteiger partial charge in [0, 0.05) is 5.02 Å². The third kappa shape index (κ3) is 1.70. The number of carboxylic acids is 1. The molecular formula is C9H7ClN4O2. The third-order valence-electron chi connectivity index (χ3n) is 1.96. The number of carboxylic acid groups (broad SMARTS) is 1. The van der Waals surface area contributed by atoms with Crippen molar-refractivity contribution in [3.8, 4) is 5.69 Å². The number of benzene rings is 1. The van der Waals surface area contributed by atoms with Gasteiger partial charge in [0.2, 0.25) is 5.69 Å². The minimum atomic E-state index is -1.22. The number of nitrogens with zero attached hydrogens (tertiary/aromatic N) is 3. The Morgan fingerprint density at radius 3 is 2.81 bits per heavy atom. The van der Waals surface area contributed by atoms with E-state index in [1.54, 1.807) is 24.3 Å². The lowest BCUT2D eigenvalue weighted by Crippen LogP contribution is -2.05. The van der Waals surface area contributed by atoms with Gasteiger partial charge in [0.05, 0.1) is 5.69 Å². The molecule has 6 nitrogen and oxygen atoms in total. The molecule has 82 valence electrons. The Labute approximate surface area is 95.2 Å². The summed E-state index contributed by atoms with van der Waals surface area (Å²) in [7, 11) is 0. The van der Waals surface area contributed by atoms with Crippen molar-refractivity contribution in [3.63, 3.8) is 0 Å². The molecular weight excluding hydrogens is 232 g/mol. The smallest absolute Gasteiger partial charge is 0.360 e. The van der Waals surface area contributed by atoms with E-state index in [4.69, 9.17) is 22.4 Å². The standard InChI is InChI=1S/C9H7ClN4O2/c10-5-2-1-3-6(4-5)14-8(11)7(9(15)16)12-13-14/h1-4H,11H2,(H,15,16). The van der Waals surface area contributed by atoms with E-state index in [0.717, 1.165) is 0 Å². The molecule has 3 N–H and O–H groups in total. The molecule has 0 saturated carbocycles. The lowest BCUT2D eigenvalue weighted by Gasteiger charge is -2.02. The van der Waals surface area contributed by atoms with E-state index in [1.165, 1.54) is 4.68 Å². The number of carbonyl (C=O) groups is 1. The van der Waals surface area contributed by atoms with Crippen LogP contribution in [0.3, 0.4) is 0 Å². The Kier molecular flexibility index (Phi) is 2.49. The monoisotopic (exact) mass is 238 g/mol. The molecule has 0 radical (unpaired) electrons. The molecule has 0 unspecified atom stereocenters. The quantitative estimate of drug-likeness (QED) is 0.820. The van der Waals surface area contributed by atoms with Gasteiger partial charge in [-0.25, -0.2) is 4.79 Å².